The van der Waals surface area contributed by atoms with Crippen LogP contribution < -0.4 is 4.74 Å². The highest BCUT2D eigenvalue weighted by molar-refractivity contribution is 7.90. The van der Waals surface area contributed by atoms with Crippen molar-refractivity contribution in [3.05, 3.63) is 42.0 Å². The number of ketones is 1. The summed E-state index contributed by atoms with van der Waals surface area (Å²) in [6, 6.07) is 5.21. The molecule has 0 heterocycles. The van der Waals surface area contributed by atoms with E-state index < -0.39 is 17.8 Å². The normalized spacial score (nSPS) is 12.0. The molecule has 0 fully saturated rings. The molecule has 1 rings (SSSR count). The Kier molecular flexibility index (Phi) is 9.67. The highest BCUT2D eigenvalue weighted by Crippen LogP contribution is 2.22. The lowest BCUT2D eigenvalue weighted by molar-refractivity contribution is 0.0903. The van der Waals surface area contributed by atoms with E-state index in [9.17, 15) is 9.35 Å². The minimum Gasteiger partial charge on any atom is -0.617 e. The van der Waals surface area contributed by atoms with Crippen LogP contribution in [0.4, 0.5) is 0 Å². The van der Waals surface area contributed by atoms with Crippen molar-refractivity contribution in [1.82, 2.24) is 0 Å². The molecule has 1 unspecified atom stereocenters. The van der Waals surface area contributed by atoms with E-state index >= 15 is 0 Å². The zero-order valence-electron chi connectivity index (χ0n) is 13.8. The van der Waals surface area contributed by atoms with Gasteiger partial charge in [-0.15, -0.1) is 6.58 Å². The fraction of sp³-hybridized carbons (Fsp3) is 0.500. The number of hydrogen-bond acceptors (Lipinski definition) is 4. The molecular weight excluding hydrogens is 312 g/mol. The fourth-order valence-corrected chi connectivity index (χ4v) is 2.85. The summed E-state index contributed by atoms with van der Waals surface area (Å²) >= 11 is -0.701. The van der Waals surface area contributed by atoms with Gasteiger partial charge in [0.1, 0.15) is 18.1 Å². The van der Waals surface area contributed by atoms with Crippen molar-refractivity contribution < 1.29 is 19.2 Å². The van der Waals surface area contributed by atoms with Crippen molar-refractivity contribution in [3.63, 3.8) is 0 Å². The molecule has 0 saturated carbocycles. The molecule has 0 radical (unpaired) electrons. The third-order valence-corrected chi connectivity index (χ3v) is 4.34. The van der Waals surface area contributed by atoms with E-state index in [2.05, 4.69) is 6.58 Å². The second-order valence-electron chi connectivity index (χ2n) is 5.44. The summed E-state index contributed by atoms with van der Waals surface area (Å²) in [6.07, 6.45) is 8.16. The molecule has 1 N–H and O–H groups in total. The maximum Gasteiger partial charge on any atom is 0.188 e. The van der Waals surface area contributed by atoms with Gasteiger partial charge in [-0.05, 0) is 55.9 Å². The molecule has 23 heavy (non-hydrogen) atoms. The number of hydrogen-bond donors (Lipinski definition) is 1. The molecule has 0 spiro atoms. The number of aliphatic hydroxyl groups is 1. The van der Waals surface area contributed by atoms with Gasteiger partial charge in [0.2, 0.25) is 0 Å². The van der Waals surface area contributed by atoms with Crippen LogP contribution in [0.2, 0.25) is 0 Å². The van der Waals surface area contributed by atoms with E-state index in [-0.39, 0.29) is 5.78 Å². The van der Waals surface area contributed by atoms with Gasteiger partial charge in [0.15, 0.2) is 5.78 Å². The summed E-state index contributed by atoms with van der Waals surface area (Å²) in [7, 11) is 0. The van der Waals surface area contributed by atoms with Gasteiger partial charge in [0.05, 0.1) is 12.9 Å². The molecule has 0 aliphatic heterocycles. The molecule has 4 nitrogen and oxygen atoms in total. The van der Waals surface area contributed by atoms with Crippen molar-refractivity contribution in [2.75, 3.05) is 25.2 Å². The first kappa shape index (κ1) is 19.7. The summed E-state index contributed by atoms with van der Waals surface area (Å²) in [4.78, 5) is 11.6. The summed E-state index contributed by atoms with van der Waals surface area (Å²) in [5.41, 5.74) is 1.39. The smallest absolute Gasteiger partial charge is 0.188 e. The Labute approximate surface area is 141 Å². The van der Waals surface area contributed by atoms with Gasteiger partial charge in [0, 0.05) is 5.56 Å². The first-order valence-electron chi connectivity index (χ1n) is 7.89. The second-order valence-corrected chi connectivity index (χ2v) is 6.99. The molecule has 1 aromatic carbocycles. The van der Waals surface area contributed by atoms with E-state index in [1.807, 2.05) is 0 Å². The van der Waals surface area contributed by atoms with Crippen LogP contribution in [-0.4, -0.2) is 40.7 Å². The molecule has 0 aliphatic rings. The number of carbonyl (C=O) groups excluding carboxylic acids is 1. The number of rotatable bonds is 12. The Bertz CT molecular complexity index is 500. The number of benzene rings is 1. The number of ether oxygens (including phenoxy) is 1. The minimum absolute atomic E-state index is 0.296. The third kappa shape index (κ3) is 7.68. The Morgan fingerprint density at radius 1 is 1.35 bits per heavy atom. The lowest BCUT2D eigenvalue weighted by Gasteiger charge is -2.12. The standard InChI is InChI=1S/C18H26O4S/c1-3-8-16-13-15(17(20)14-19)9-10-18(16)22-11-6-4-5-7-12-23(2)21/h3,9-10,13,19H,1,4-8,11-12,14H2,2H3. The fourth-order valence-electron chi connectivity index (χ4n) is 2.24. The lowest BCUT2D eigenvalue weighted by atomic mass is 10.0. The molecule has 1 aromatic rings. The molecule has 128 valence electrons. The number of unbranched alkanes of at least 4 members (excludes halogenated alkanes) is 3. The molecule has 0 bridgehead atoms. The average Bonchev–Trinajstić information content (AvgIpc) is 2.54. The number of allylic oxidation sites excluding steroid dienone is 1. The topological polar surface area (TPSA) is 69.6 Å². The first-order valence-corrected chi connectivity index (χ1v) is 9.62. The Morgan fingerprint density at radius 3 is 2.74 bits per heavy atom. The zero-order valence-corrected chi connectivity index (χ0v) is 14.6. The maximum absolute atomic E-state index is 11.6. The van der Waals surface area contributed by atoms with Crippen LogP contribution in [0, 0.1) is 0 Å². The Balaban J connectivity index is 2.46. The quantitative estimate of drug-likeness (QED) is 0.275. The van der Waals surface area contributed by atoms with Gasteiger partial charge >= 0.3 is 0 Å². The highest BCUT2D eigenvalue weighted by atomic mass is 32.2. The Morgan fingerprint density at radius 2 is 2.09 bits per heavy atom. The monoisotopic (exact) mass is 338 g/mol. The molecular formula is C18H26O4S. The van der Waals surface area contributed by atoms with Gasteiger partial charge in [-0.2, -0.15) is 0 Å². The predicted octanol–water partition coefficient (Wildman–Crippen LogP) is 2.91. The van der Waals surface area contributed by atoms with E-state index in [4.69, 9.17) is 9.84 Å². The van der Waals surface area contributed by atoms with Crippen molar-refractivity contribution in [2.45, 2.75) is 32.1 Å². The van der Waals surface area contributed by atoms with Crippen LogP contribution >= 0.6 is 0 Å². The van der Waals surface area contributed by atoms with Crippen molar-refractivity contribution in [2.24, 2.45) is 0 Å². The predicted molar refractivity (Wildman–Crippen MR) is 94.7 cm³/mol. The molecule has 5 heteroatoms. The summed E-state index contributed by atoms with van der Waals surface area (Å²) < 4.78 is 16.8. The van der Waals surface area contributed by atoms with Crippen LogP contribution in [0.15, 0.2) is 30.9 Å². The van der Waals surface area contributed by atoms with Gasteiger partial charge < -0.3 is 14.4 Å². The zero-order chi connectivity index (χ0) is 17.1. The molecule has 1 atom stereocenters. The van der Waals surface area contributed by atoms with E-state index in [0.29, 0.717) is 18.6 Å². The molecule has 0 aromatic heterocycles. The SMILES string of the molecule is C=CCc1cc(C(=O)CO)ccc1OCCCCCC[S+](C)[O-]. The lowest BCUT2D eigenvalue weighted by Crippen LogP contribution is -2.07. The second kappa shape index (κ2) is 11.3. The third-order valence-electron chi connectivity index (χ3n) is 3.47. The minimum atomic E-state index is -0.701. The highest BCUT2D eigenvalue weighted by Gasteiger charge is 2.09. The van der Waals surface area contributed by atoms with Gasteiger partial charge in [0.25, 0.3) is 0 Å². The summed E-state index contributed by atoms with van der Waals surface area (Å²) in [5.74, 6) is 1.23. The van der Waals surface area contributed by atoms with Crippen LogP contribution in [0.5, 0.6) is 5.75 Å². The number of carbonyl (C=O) groups is 1. The van der Waals surface area contributed by atoms with Crippen LogP contribution in [-0.2, 0) is 17.6 Å². The number of Topliss-reactive ketones (excluding diaryl/α,β-unsaturated/α-hetero) is 1. The van der Waals surface area contributed by atoms with Crippen molar-refractivity contribution in [3.8, 4) is 5.75 Å². The van der Waals surface area contributed by atoms with Gasteiger partial charge in [-0.3, -0.25) is 4.79 Å². The molecule has 0 saturated heterocycles. The van der Waals surface area contributed by atoms with Gasteiger partial charge in [-0.1, -0.05) is 17.3 Å². The number of aliphatic hydroxyl groups excluding tert-OH is 1. The summed E-state index contributed by atoms with van der Waals surface area (Å²) in [6.45, 7) is 3.85. The van der Waals surface area contributed by atoms with Crippen molar-refractivity contribution in [1.29, 1.82) is 0 Å². The van der Waals surface area contributed by atoms with Gasteiger partial charge in [-0.25, -0.2) is 0 Å². The summed E-state index contributed by atoms with van der Waals surface area (Å²) in [5, 5.41) is 8.94. The van der Waals surface area contributed by atoms with Crippen molar-refractivity contribution >= 4 is 17.0 Å². The van der Waals surface area contributed by atoms with Crippen LogP contribution in [0.25, 0.3) is 0 Å². The van der Waals surface area contributed by atoms with Crippen LogP contribution in [0.1, 0.15) is 41.6 Å². The van der Waals surface area contributed by atoms with Crippen LogP contribution in [0.3, 0.4) is 0 Å². The largest absolute Gasteiger partial charge is 0.617 e. The average molecular weight is 338 g/mol. The van der Waals surface area contributed by atoms with E-state index in [0.717, 1.165) is 42.7 Å². The molecule has 0 amide bonds. The Hall–Kier alpha value is -1.30. The first-order chi connectivity index (χ1) is 11.1. The van der Waals surface area contributed by atoms with E-state index in [1.165, 1.54) is 0 Å². The molecule has 0 aliphatic carbocycles. The van der Waals surface area contributed by atoms with E-state index in [1.54, 1.807) is 30.5 Å². The maximum atomic E-state index is 11.6.